The van der Waals surface area contributed by atoms with Gasteiger partial charge in [0.2, 0.25) is 5.91 Å². The SMILES string of the molecule is CC(=O)N(c1ccc(C)c(C)c1)c1nc(COC(=O)c2ccc(C(C)C)cc2)cs1. The number of anilines is 2. The van der Waals surface area contributed by atoms with Crippen molar-refractivity contribution in [2.45, 2.75) is 47.1 Å². The zero-order valence-electron chi connectivity index (χ0n) is 17.9. The molecule has 0 saturated heterocycles. The van der Waals surface area contributed by atoms with Crippen molar-refractivity contribution in [3.63, 3.8) is 0 Å². The molecule has 3 rings (SSSR count). The molecule has 0 aliphatic heterocycles. The van der Waals surface area contributed by atoms with Gasteiger partial charge in [0.15, 0.2) is 5.13 Å². The minimum atomic E-state index is -0.391. The predicted octanol–water partition coefficient (Wildman–Crippen LogP) is 5.92. The van der Waals surface area contributed by atoms with Crippen molar-refractivity contribution >= 4 is 34.0 Å². The van der Waals surface area contributed by atoms with Crippen molar-refractivity contribution in [3.05, 3.63) is 75.8 Å². The monoisotopic (exact) mass is 422 g/mol. The molecule has 0 aliphatic carbocycles. The van der Waals surface area contributed by atoms with Gasteiger partial charge in [-0.3, -0.25) is 9.69 Å². The van der Waals surface area contributed by atoms with Crippen molar-refractivity contribution < 1.29 is 14.3 Å². The molecule has 5 nitrogen and oxygen atoms in total. The van der Waals surface area contributed by atoms with Crippen LogP contribution in [0.15, 0.2) is 47.8 Å². The van der Waals surface area contributed by atoms with E-state index in [-0.39, 0.29) is 12.5 Å². The lowest BCUT2D eigenvalue weighted by Crippen LogP contribution is -2.22. The highest BCUT2D eigenvalue weighted by Crippen LogP contribution is 2.30. The summed E-state index contributed by atoms with van der Waals surface area (Å²) in [5.74, 6) is -0.108. The van der Waals surface area contributed by atoms with Crippen LogP contribution >= 0.6 is 11.3 Å². The van der Waals surface area contributed by atoms with Gasteiger partial charge in [-0.05, 0) is 60.7 Å². The minimum absolute atomic E-state index is 0.0555. The van der Waals surface area contributed by atoms with E-state index in [0.29, 0.717) is 22.3 Å². The van der Waals surface area contributed by atoms with Crippen LogP contribution < -0.4 is 4.90 Å². The largest absolute Gasteiger partial charge is 0.456 e. The summed E-state index contributed by atoms with van der Waals surface area (Å²) >= 11 is 1.35. The van der Waals surface area contributed by atoms with E-state index in [1.54, 1.807) is 17.0 Å². The van der Waals surface area contributed by atoms with Gasteiger partial charge in [-0.25, -0.2) is 9.78 Å². The quantitative estimate of drug-likeness (QED) is 0.462. The first kappa shape index (κ1) is 21.7. The number of aromatic nitrogens is 1. The normalized spacial score (nSPS) is 10.9. The zero-order valence-corrected chi connectivity index (χ0v) is 18.7. The van der Waals surface area contributed by atoms with Crippen LogP contribution in [0.1, 0.15) is 59.4 Å². The third-order valence-corrected chi connectivity index (χ3v) is 5.83. The second kappa shape index (κ2) is 9.22. The van der Waals surface area contributed by atoms with Crippen molar-refractivity contribution in [1.29, 1.82) is 0 Å². The topological polar surface area (TPSA) is 59.5 Å². The first-order valence-corrected chi connectivity index (χ1v) is 10.7. The molecule has 0 N–H and O–H groups in total. The van der Waals surface area contributed by atoms with E-state index in [2.05, 4.69) is 18.8 Å². The Morgan fingerprint density at radius 3 is 2.37 bits per heavy atom. The number of thiazole rings is 1. The standard InChI is InChI=1S/C24H26N2O3S/c1-15(2)19-7-9-20(10-8-19)23(28)29-13-21-14-30-24(25-21)26(18(5)27)22-11-6-16(3)17(4)12-22/h6-12,14-15H,13H2,1-5H3. The van der Waals surface area contributed by atoms with Gasteiger partial charge >= 0.3 is 5.97 Å². The Balaban J connectivity index is 1.70. The molecule has 6 heteroatoms. The van der Waals surface area contributed by atoms with Crippen LogP contribution in [0.2, 0.25) is 0 Å². The maximum Gasteiger partial charge on any atom is 0.338 e. The second-order valence-corrected chi connectivity index (χ2v) is 8.43. The van der Waals surface area contributed by atoms with Crippen LogP contribution in [0.4, 0.5) is 10.8 Å². The number of benzene rings is 2. The summed E-state index contributed by atoms with van der Waals surface area (Å²) in [5, 5.41) is 2.36. The molecule has 0 fully saturated rings. The number of aryl methyl sites for hydroxylation is 2. The van der Waals surface area contributed by atoms with E-state index in [1.807, 2.05) is 49.6 Å². The van der Waals surface area contributed by atoms with E-state index >= 15 is 0 Å². The van der Waals surface area contributed by atoms with Crippen LogP contribution in [0, 0.1) is 13.8 Å². The second-order valence-electron chi connectivity index (χ2n) is 7.60. The van der Waals surface area contributed by atoms with E-state index in [0.717, 1.165) is 16.8 Å². The van der Waals surface area contributed by atoms with Gasteiger partial charge in [0, 0.05) is 12.3 Å². The van der Waals surface area contributed by atoms with Gasteiger partial charge in [0.1, 0.15) is 6.61 Å². The Bertz CT molecular complexity index is 1050. The number of carbonyl (C=O) groups is 2. The summed E-state index contributed by atoms with van der Waals surface area (Å²) in [7, 11) is 0. The van der Waals surface area contributed by atoms with Crippen LogP contribution in [-0.4, -0.2) is 16.9 Å². The third kappa shape index (κ3) is 4.94. The number of hydrogen-bond donors (Lipinski definition) is 0. The maximum absolute atomic E-state index is 12.3. The minimum Gasteiger partial charge on any atom is -0.456 e. The van der Waals surface area contributed by atoms with Gasteiger partial charge < -0.3 is 4.74 Å². The molecule has 0 unspecified atom stereocenters. The van der Waals surface area contributed by atoms with Crippen molar-refractivity contribution in [2.24, 2.45) is 0 Å². The summed E-state index contributed by atoms with van der Waals surface area (Å²) in [4.78, 5) is 30.7. The fourth-order valence-corrected chi connectivity index (χ4v) is 3.86. The van der Waals surface area contributed by atoms with E-state index in [9.17, 15) is 9.59 Å². The molecule has 0 radical (unpaired) electrons. The number of nitrogens with zero attached hydrogens (tertiary/aromatic N) is 2. The Labute approximate surface area is 181 Å². The summed E-state index contributed by atoms with van der Waals surface area (Å²) in [6, 6.07) is 13.3. The molecule has 1 amide bonds. The fourth-order valence-electron chi connectivity index (χ4n) is 2.98. The zero-order chi connectivity index (χ0) is 21.8. The summed E-state index contributed by atoms with van der Waals surface area (Å²) in [6.45, 7) is 9.82. The van der Waals surface area contributed by atoms with Crippen molar-refractivity contribution in [2.75, 3.05) is 4.90 Å². The van der Waals surface area contributed by atoms with Crippen LogP contribution in [0.25, 0.3) is 0 Å². The molecule has 3 aromatic rings. The molecule has 0 atom stereocenters. The first-order chi connectivity index (χ1) is 14.3. The summed E-state index contributed by atoms with van der Waals surface area (Å²) in [6.07, 6.45) is 0. The molecule has 0 bridgehead atoms. The highest BCUT2D eigenvalue weighted by Gasteiger charge is 2.19. The van der Waals surface area contributed by atoms with E-state index < -0.39 is 5.97 Å². The lowest BCUT2D eigenvalue weighted by molar-refractivity contribution is -0.115. The first-order valence-electron chi connectivity index (χ1n) is 9.85. The molecule has 0 saturated carbocycles. The Morgan fingerprint density at radius 2 is 1.77 bits per heavy atom. The van der Waals surface area contributed by atoms with Crippen molar-refractivity contribution in [1.82, 2.24) is 4.98 Å². The number of ether oxygens (including phenoxy) is 1. The Morgan fingerprint density at radius 1 is 1.07 bits per heavy atom. The third-order valence-electron chi connectivity index (χ3n) is 4.96. The molecular formula is C24H26N2O3S. The maximum atomic E-state index is 12.3. The van der Waals surface area contributed by atoms with Crippen LogP contribution in [0.5, 0.6) is 0 Å². The van der Waals surface area contributed by atoms with Crippen molar-refractivity contribution in [3.8, 4) is 0 Å². The fraction of sp³-hybridized carbons (Fsp3) is 0.292. The van der Waals surface area contributed by atoms with E-state index in [1.165, 1.54) is 23.8 Å². The average Bonchev–Trinajstić information content (AvgIpc) is 3.17. The van der Waals surface area contributed by atoms with Gasteiger partial charge in [-0.2, -0.15) is 0 Å². The Hall–Kier alpha value is -2.99. The van der Waals surface area contributed by atoms with Gasteiger partial charge in [0.25, 0.3) is 0 Å². The number of amides is 1. The van der Waals surface area contributed by atoms with Gasteiger partial charge in [-0.15, -0.1) is 11.3 Å². The average molecular weight is 423 g/mol. The molecule has 30 heavy (non-hydrogen) atoms. The predicted molar refractivity (Wildman–Crippen MR) is 121 cm³/mol. The highest BCUT2D eigenvalue weighted by atomic mass is 32.1. The molecule has 1 heterocycles. The van der Waals surface area contributed by atoms with Crippen LogP contribution in [-0.2, 0) is 16.1 Å². The summed E-state index contributed by atoms with van der Waals surface area (Å²) in [5.41, 5.74) is 5.33. The number of rotatable bonds is 6. The summed E-state index contributed by atoms with van der Waals surface area (Å²) < 4.78 is 5.41. The van der Waals surface area contributed by atoms with Gasteiger partial charge in [-0.1, -0.05) is 32.0 Å². The molecule has 0 aliphatic rings. The number of carbonyl (C=O) groups excluding carboxylic acids is 2. The molecule has 0 spiro atoms. The lowest BCUT2D eigenvalue weighted by atomic mass is 10.0. The van der Waals surface area contributed by atoms with Crippen LogP contribution in [0.3, 0.4) is 0 Å². The number of hydrogen-bond acceptors (Lipinski definition) is 5. The van der Waals surface area contributed by atoms with Gasteiger partial charge in [0.05, 0.1) is 16.9 Å². The van der Waals surface area contributed by atoms with E-state index in [4.69, 9.17) is 4.74 Å². The molecular weight excluding hydrogens is 396 g/mol. The lowest BCUT2D eigenvalue weighted by Gasteiger charge is -2.19. The molecule has 2 aromatic carbocycles. The smallest absolute Gasteiger partial charge is 0.338 e. The number of esters is 1. The molecule has 156 valence electrons. The Kier molecular flexibility index (Phi) is 6.67. The molecule has 1 aromatic heterocycles. The highest BCUT2D eigenvalue weighted by molar-refractivity contribution is 7.14.